The molecule has 2 bridgehead atoms. The fourth-order valence-corrected chi connectivity index (χ4v) is 3.86. The largest absolute Gasteiger partial charge is 0.273 e. The molecule has 0 N–H and O–H groups in total. The van der Waals surface area contributed by atoms with E-state index in [0.717, 1.165) is 19.3 Å². The molecular weight excluding hydrogens is 226 g/mol. The minimum atomic E-state index is -4.06. The summed E-state index contributed by atoms with van der Waals surface area (Å²) in [5, 5.41) is 0. The lowest BCUT2D eigenvalue weighted by Gasteiger charge is -2.25. The van der Waals surface area contributed by atoms with E-state index in [-0.39, 0.29) is 0 Å². The van der Waals surface area contributed by atoms with E-state index in [1.54, 1.807) is 0 Å². The van der Waals surface area contributed by atoms with Crippen molar-refractivity contribution in [3.8, 4) is 0 Å². The van der Waals surface area contributed by atoms with Crippen LogP contribution < -0.4 is 0 Å². The Bertz CT molecular complexity index is 331. The van der Waals surface area contributed by atoms with E-state index >= 15 is 0 Å². The molecule has 2 fully saturated rings. The first-order valence-electron chi connectivity index (χ1n) is 5.12. The predicted molar refractivity (Wildman–Crippen MR) is 50.2 cm³/mol. The van der Waals surface area contributed by atoms with E-state index < -0.39 is 27.9 Å². The van der Waals surface area contributed by atoms with Crippen LogP contribution in [0.15, 0.2) is 0 Å². The maximum absolute atomic E-state index is 12.0. The van der Waals surface area contributed by atoms with E-state index in [0.29, 0.717) is 18.8 Å². The molecular formula is C9H14F2O3S. The molecule has 0 amide bonds. The molecule has 2 saturated carbocycles. The van der Waals surface area contributed by atoms with Crippen LogP contribution in [0.5, 0.6) is 0 Å². The molecule has 2 aliphatic rings. The number of hydrogen-bond acceptors (Lipinski definition) is 3. The Balaban J connectivity index is 2.02. The van der Waals surface area contributed by atoms with Gasteiger partial charge in [0, 0.05) is 0 Å². The fourth-order valence-electron chi connectivity index (χ4n) is 2.71. The zero-order valence-electron chi connectivity index (χ0n) is 8.29. The molecule has 2 aliphatic carbocycles. The van der Waals surface area contributed by atoms with Crippen LogP contribution in [0, 0.1) is 5.92 Å². The highest BCUT2D eigenvalue weighted by Crippen LogP contribution is 2.50. The van der Waals surface area contributed by atoms with Gasteiger partial charge in [-0.2, -0.15) is 8.42 Å². The van der Waals surface area contributed by atoms with Crippen LogP contribution >= 0.6 is 0 Å². The van der Waals surface area contributed by atoms with E-state index in [9.17, 15) is 17.2 Å². The van der Waals surface area contributed by atoms with Crippen molar-refractivity contribution in [1.82, 2.24) is 0 Å². The van der Waals surface area contributed by atoms with Crippen LogP contribution in [0.25, 0.3) is 0 Å². The average molecular weight is 240 g/mol. The molecule has 0 spiro atoms. The lowest BCUT2D eigenvalue weighted by atomic mass is 9.98. The topological polar surface area (TPSA) is 43.4 Å². The van der Waals surface area contributed by atoms with Crippen molar-refractivity contribution in [2.24, 2.45) is 5.92 Å². The summed E-state index contributed by atoms with van der Waals surface area (Å²) in [5.74, 6) is -0.647. The van der Waals surface area contributed by atoms with Crippen LogP contribution in [-0.2, 0) is 14.3 Å². The Labute approximate surface area is 87.9 Å². The first-order valence-corrected chi connectivity index (χ1v) is 6.70. The summed E-state index contributed by atoms with van der Waals surface area (Å²) in [7, 11) is -4.06. The molecule has 15 heavy (non-hydrogen) atoms. The van der Waals surface area contributed by atoms with Gasteiger partial charge in [-0.15, -0.1) is 0 Å². The molecule has 0 atom stereocenters. The predicted octanol–water partition coefficient (Wildman–Crippen LogP) is 1.93. The summed E-state index contributed by atoms with van der Waals surface area (Å²) in [4.78, 5) is 0. The lowest BCUT2D eigenvalue weighted by Crippen LogP contribution is -2.32. The van der Waals surface area contributed by atoms with E-state index in [4.69, 9.17) is 4.18 Å². The monoisotopic (exact) mass is 240 g/mol. The Kier molecular flexibility index (Phi) is 2.75. The van der Waals surface area contributed by atoms with Gasteiger partial charge in [0.25, 0.3) is 16.5 Å². The summed E-state index contributed by atoms with van der Waals surface area (Å²) < 4.78 is 51.5. The molecule has 0 aromatic heterocycles. The lowest BCUT2D eigenvalue weighted by molar-refractivity contribution is 0.0831. The summed E-state index contributed by atoms with van der Waals surface area (Å²) in [6.45, 7) is 0. The third-order valence-corrected chi connectivity index (χ3v) is 4.58. The molecule has 2 rings (SSSR count). The third-order valence-electron chi connectivity index (χ3n) is 3.31. The Morgan fingerprint density at radius 2 is 1.93 bits per heavy atom. The molecule has 0 aliphatic heterocycles. The average Bonchev–Trinajstić information content (AvgIpc) is 2.58. The van der Waals surface area contributed by atoms with Crippen molar-refractivity contribution in [2.75, 3.05) is 5.75 Å². The normalized spacial score (nSPS) is 35.3. The number of rotatable bonds is 4. The second-order valence-corrected chi connectivity index (χ2v) is 6.14. The minimum Gasteiger partial charge on any atom is -0.263 e. The number of fused-ring (bicyclic) bond motifs is 2. The molecule has 88 valence electrons. The molecule has 0 radical (unpaired) electrons. The highest BCUT2D eigenvalue weighted by atomic mass is 32.2. The van der Waals surface area contributed by atoms with Crippen LogP contribution in [0.4, 0.5) is 8.78 Å². The summed E-state index contributed by atoms with van der Waals surface area (Å²) in [6, 6.07) is 0. The van der Waals surface area contributed by atoms with E-state index in [2.05, 4.69) is 0 Å². The first-order chi connectivity index (χ1) is 6.91. The second kappa shape index (κ2) is 3.66. The maximum atomic E-state index is 12.0. The zero-order valence-corrected chi connectivity index (χ0v) is 9.10. The van der Waals surface area contributed by atoms with Crippen LogP contribution in [0.2, 0.25) is 0 Å². The van der Waals surface area contributed by atoms with Crippen molar-refractivity contribution in [1.29, 1.82) is 0 Å². The summed E-state index contributed by atoms with van der Waals surface area (Å²) >= 11 is 0. The Morgan fingerprint density at radius 3 is 2.33 bits per heavy atom. The van der Waals surface area contributed by atoms with Gasteiger partial charge in [-0.3, -0.25) is 4.18 Å². The van der Waals surface area contributed by atoms with Gasteiger partial charge in [0.05, 0.1) is 5.60 Å². The molecule has 0 heterocycles. The van der Waals surface area contributed by atoms with Gasteiger partial charge >= 0.3 is 0 Å². The minimum absolute atomic E-state index is 0.534. The summed E-state index contributed by atoms with van der Waals surface area (Å²) in [5.41, 5.74) is -0.640. The number of halogens is 2. The molecule has 0 saturated heterocycles. The zero-order chi connectivity index (χ0) is 11.1. The highest BCUT2D eigenvalue weighted by molar-refractivity contribution is 7.86. The molecule has 0 aromatic rings. The van der Waals surface area contributed by atoms with Crippen molar-refractivity contribution < 1.29 is 21.4 Å². The van der Waals surface area contributed by atoms with Crippen molar-refractivity contribution in [3.05, 3.63) is 0 Å². The SMILES string of the molecule is O=S(=O)(CC(F)F)OC12CCC(CC1)C2. The second-order valence-electron chi connectivity index (χ2n) is 4.53. The Morgan fingerprint density at radius 1 is 1.33 bits per heavy atom. The fraction of sp³-hybridized carbons (Fsp3) is 1.00. The standard InChI is InChI=1S/C9H14F2O3S/c10-8(11)6-15(12,13)14-9-3-1-7(5-9)2-4-9/h7-8H,1-6H2. The van der Waals surface area contributed by atoms with Crippen molar-refractivity contribution in [2.45, 2.75) is 44.1 Å². The number of hydrogen-bond donors (Lipinski definition) is 0. The van der Waals surface area contributed by atoms with Crippen molar-refractivity contribution >= 4 is 10.1 Å². The van der Waals surface area contributed by atoms with Gasteiger partial charge in [0.1, 0.15) is 5.75 Å². The van der Waals surface area contributed by atoms with E-state index in [1.807, 2.05) is 0 Å². The quantitative estimate of drug-likeness (QED) is 0.705. The molecule has 3 nitrogen and oxygen atoms in total. The maximum Gasteiger partial charge on any atom is 0.273 e. The molecule has 0 aromatic carbocycles. The van der Waals surface area contributed by atoms with Gasteiger partial charge in [-0.1, -0.05) is 0 Å². The van der Waals surface area contributed by atoms with Gasteiger partial charge in [-0.05, 0) is 38.0 Å². The smallest absolute Gasteiger partial charge is 0.263 e. The first kappa shape index (κ1) is 11.3. The van der Waals surface area contributed by atoms with E-state index in [1.165, 1.54) is 0 Å². The summed E-state index contributed by atoms with van der Waals surface area (Å²) in [6.07, 6.45) is 1.18. The van der Waals surface area contributed by atoms with Gasteiger partial charge in [0.2, 0.25) is 0 Å². The Hall–Kier alpha value is -0.230. The van der Waals surface area contributed by atoms with Gasteiger partial charge in [0.15, 0.2) is 0 Å². The van der Waals surface area contributed by atoms with Gasteiger partial charge < -0.3 is 0 Å². The van der Waals surface area contributed by atoms with Crippen LogP contribution in [0.3, 0.4) is 0 Å². The molecule has 6 heteroatoms. The third kappa shape index (κ3) is 2.47. The molecule has 0 unspecified atom stereocenters. The van der Waals surface area contributed by atoms with Crippen molar-refractivity contribution in [3.63, 3.8) is 0 Å². The van der Waals surface area contributed by atoms with Crippen LogP contribution in [-0.4, -0.2) is 26.2 Å². The highest BCUT2D eigenvalue weighted by Gasteiger charge is 2.48. The van der Waals surface area contributed by atoms with Crippen LogP contribution in [0.1, 0.15) is 32.1 Å². The number of alkyl halides is 2. The van der Waals surface area contributed by atoms with Gasteiger partial charge in [-0.25, -0.2) is 8.78 Å².